The molecule has 5 amide bonds. The van der Waals surface area contributed by atoms with Crippen molar-refractivity contribution in [1.29, 1.82) is 0 Å². The van der Waals surface area contributed by atoms with E-state index in [4.69, 9.17) is 0 Å². The molecule has 4 aliphatic heterocycles. The molecule has 1 aromatic carbocycles. The molecule has 1 N–H and O–H groups in total. The summed E-state index contributed by atoms with van der Waals surface area (Å²) in [4.78, 5) is 61.5. The van der Waals surface area contributed by atoms with E-state index in [1.54, 1.807) is 23.2 Å². The van der Waals surface area contributed by atoms with Crippen LogP contribution in [-0.2, 0) is 16.1 Å². The van der Waals surface area contributed by atoms with E-state index < -0.39 is 11.9 Å². The number of nitrogens with one attached hydrogen (secondary N) is 1. The summed E-state index contributed by atoms with van der Waals surface area (Å²) in [5, 5.41) is 2.32. The number of fused-ring (bicyclic) bond motifs is 1. The summed E-state index contributed by atoms with van der Waals surface area (Å²) in [5.41, 5.74) is 2.09. The molecule has 0 spiro atoms. The van der Waals surface area contributed by atoms with Crippen molar-refractivity contribution in [3.8, 4) is 0 Å². The monoisotopic (exact) mass is 460 g/mol. The highest BCUT2D eigenvalue weighted by atomic mass is 16.2. The van der Waals surface area contributed by atoms with Crippen molar-refractivity contribution in [2.24, 2.45) is 0 Å². The Bertz CT molecular complexity index is 1200. The molecule has 3 saturated heterocycles. The van der Waals surface area contributed by atoms with Crippen LogP contribution >= 0.6 is 0 Å². The summed E-state index contributed by atoms with van der Waals surface area (Å²) in [6.07, 6.45) is 2.32. The number of anilines is 2. The topological polar surface area (TPSA) is 106 Å². The number of benzene rings is 1. The lowest BCUT2D eigenvalue weighted by molar-refractivity contribution is -0.136. The summed E-state index contributed by atoms with van der Waals surface area (Å²) in [6.45, 7) is 3.05. The SMILES string of the molecule is O=C1CCC(N2Cc3cc(N4CCN(C5CN(c6ccccn6)C5)C4=O)ccc3C2=O)C(=O)N1. The number of imide groups is 1. The number of urea groups is 1. The second-order valence-electron chi connectivity index (χ2n) is 9.12. The molecule has 1 aromatic heterocycles. The third kappa shape index (κ3) is 3.28. The number of nitrogens with zero attached hydrogens (tertiary/aromatic N) is 5. The third-order valence-corrected chi connectivity index (χ3v) is 7.14. The van der Waals surface area contributed by atoms with Crippen LogP contribution in [0.15, 0.2) is 42.6 Å². The molecule has 174 valence electrons. The van der Waals surface area contributed by atoms with E-state index in [0.29, 0.717) is 31.6 Å². The van der Waals surface area contributed by atoms with E-state index in [1.165, 1.54) is 4.90 Å². The number of hydrogen-bond acceptors (Lipinski definition) is 6. The van der Waals surface area contributed by atoms with Gasteiger partial charge in [0.25, 0.3) is 5.91 Å². The zero-order chi connectivity index (χ0) is 23.4. The number of rotatable bonds is 4. The molecule has 4 aliphatic rings. The highest BCUT2D eigenvalue weighted by molar-refractivity contribution is 6.06. The number of piperidine rings is 1. The Hall–Kier alpha value is -3.95. The van der Waals surface area contributed by atoms with E-state index in [1.807, 2.05) is 29.2 Å². The van der Waals surface area contributed by atoms with Crippen LogP contribution in [0.2, 0.25) is 0 Å². The molecule has 34 heavy (non-hydrogen) atoms. The Morgan fingerprint density at radius 1 is 0.971 bits per heavy atom. The van der Waals surface area contributed by atoms with Gasteiger partial charge >= 0.3 is 6.03 Å². The summed E-state index contributed by atoms with van der Waals surface area (Å²) in [7, 11) is 0. The normalized spacial score (nSPS) is 22.9. The predicted molar refractivity (Wildman–Crippen MR) is 122 cm³/mol. The van der Waals surface area contributed by atoms with Crippen molar-refractivity contribution in [2.75, 3.05) is 36.0 Å². The number of hydrogen-bond donors (Lipinski definition) is 1. The summed E-state index contributed by atoms with van der Waals surface area (Å²) in [5.74, 6) is -0.0248. The standard InChI is InChI=1S/C24H24N6O4/c31-21-7-6-19(22(32)26-21)30-12-15-11-16(4-5-18(15)23(30)33)28-9-10-29(24(28)34)17-13-27(14-17)20-3-1-2-8-25-20/h1-5,8,11,17,19H,6-7,9-10,12-14H2,(H,26,31,32). The fraction of sp³-hybridized carbons (Fsp3) is 0.375. The summed E-state index contributed by atoms with van der Waals surface area (Å²) < 4.78 is 0. The average molecular weight is 460 g/mol. The smallest absolute Gasteiger partial charge is 0.324 e. The first-order valence-corrected chi connectivity index (χ1v) is 11.5. The highest BCUT2D eigenvalue weighted by Crippen LogP contribution is 2.33. The van der Waals surface area contributed by atoms with E-state index in [-0.39, 0.29) is 30.3 Å². The molecule has 1 atom stereocenters. The molecule has 6 rings (SSSR count). The van der Waals surface area contributed by atoms with Gasteiger partial charge < -0.3 is 14.7 Å². The Balaban J connectivity index is 1.13. The van der Waals surface area contributed by atoms with Gasteiger partial charge in [0.1, 0.15) is 11.9 Å². The first-order valence-electron chi connectivity index (χ1n) is 11.5. The van der Waals surface area contributed by atoms with E-state index >= 15 is 0 Å². The molecule has 0 radical (unpaired) electrons. The number of aromatic nitrogens is 1. The molecule has 5 heterocycles. The van der Waals surface area contributed by atoms with Crippen LogP contribution in [0.5, 0.6) is 0 Å². The first-order chi connectivity index (χ1) is 16.5. The lowest BCUT2D eigenvalue weighted by Gasteiger charge is -2.44. The molecule has 1 unspecified atom stereocenters. The Labute approximate surface area is 196 Å². The number of amides is 5. The summed E-state index contributed by atoms with van der Waals surface area (Å²) >= 11 is 0. The van der Waals surface area contributed by atoms with Crippen molar-refractivity contribution in [2.45, 2.75) is 31.5 Å². The van der Waals surface area contributed by atoms with Crippen molar-refractivity contribution in [1.82, 2.24) is 20.1 Å². The van der Waals surface area contributed by atoms with Gasteiger partial charge in [-0.1, -0.05) is 6.07 Å². The molecule has 0 saturated carbocycles. The maximum atomic E-state index is 13.2. The Morgan fingerprint density at radius 3 is 2.59 bits per heavy atom. The number of pyridine rings is 1. The van der Waals surface area contributed by atoms with Crippen LogP contribution in [0.3, 0.4) is 0 Å². The van der Waals surface area contributed by atoms with Crippen LogP contribution < -0.4 is 15.1 Å². The minimum Gasteiger partial charge on any atom is -0.352 e. The van der Waals surface area contributed by atoms with Crippen LogP contribution in [0.4, 0.5) is 16.3 Å². The van der Waals surface area contributed by atoms with Gasteiger partial charge in [-0.25, -0.2) is 9.78 Å². The molecule has 2 aromatic rings. The van der Waals surface area contributed by atoms with Crippen LogP contribution in [0.25, 0.3) is 0 Å². The minimum absolute atomic E-state index is 0.0306. The molecular formula is C24H24N6O4. The Morgan fingerprint density at radius 2 is 1.82 bits per heavy atom. The number of carbonyl (C=O) groups is 4. The predicted octanol–water partition coefficient (Wildman–Crippen LogP) is 0.973. The molecule has 0 bridgehead atoms. The van der Waals surface area contributed by atoms with Gasteiger partial charge in [0.05, 0.1) is 6.04 Å². The lowest BCUT2D eigenvalue weighted by Crippen LogP contribution is -2.60. The Kier molecular flexibility index (Phi) is 4.75. The van der Waals surface area contributed by atoms with E-state index in [2.05, 4.69) is 15.2 Å². The second-order valence-corrected chi connectivity index (χ2v) is 9.12. The van der Waals surface area contributed by atoms with E-state index in [9.17, 15) is 19.2 Å². The molecule has 10 nitrogen and oxygen atoms in total. The maximum Gasteiger partial charge on any atom is 0.324 e. The van der Waals surface area contributed by atoms with Gasteiger partial charge in [-0.3, -0.25) is 24.6 Å². The van der Waals surface area contributed by atoms with Crippen molar-refractivity contribution in [3.05, 3.63) is 53.7 Å². The van der Waals surface area contributed by atoms with Gasteiger partial charge in [0.15, 0.2) is 0 Å². The second kappa shape index (κ2) is 7.82. The van der Waals surface area contributed by atoms with Crippen LogP contribution in [0, 0.1) is 0 Å². The van der Waals surface area contributed by atoms with Gasteiger partial charge in [0, 0.05) is 56.6 Å². The van der Waals surface area contributed by atoms with E-state index in [0.717, 1.165) is 30.2 Å². The lowest BCUT2D eigenvalue weighted by atomic mass is 10.0. The molecular weight excluding hydrogens is 436 g/mol. The quantitative estimate of drug-likeness (QED) is 0.682. The fourth-order valence-electron chi connectivity index (χ4n) is 5.24. The van der Waals surface area contributed by atoms with Crippen molar-refractivity contribution >= 4 is 35.3 Å². The van der Waals surface area contributed by atoms with Crippen molar-refractivity contribution in [3.63, 3.8) is 0 Å². The zero-order valence-electron chi connectivity index (χ0n) is 18.5. The molecule has 10 heteroatoms. The highest BCUT2D eigenvalue weighted by Gasteiger charge is 2.42. The van der Waals surface area contributed by atoms with Gasteiger partial charge in [-0.2, -0.15) is 0 Å². The minimum atomic E-state index is -0.648. The largest absolute Gasteiger partial charge is 0.352 e. The molecule has 0 aliphatic carbocycles. The van der Waals surface area contributed by atoms with Crippen LogP contribution in [0.1, 0.15) is 28.8 Å². The average Bonchev–Trinajstić information content (AvgIpc) is 3.33. The summed E-state index contributed by atoms with van der Waals surface area (Å²) in [6, 6.07) is 10.7. The van der Waals surface area contributed by atoms with Crippen molar-refractivity contribution < 1.29 is 19.2 Å². The van der Waals surface area contributed by atoms with Gasteiger partial charge in [0.2, 0.25) is 11.8 Å². The number of carbonyl (C=O) groups excluding carboxylic acids is 4. The van der Waals surface area contributed by atoms with Crippen LogP contribution in [-0.4, -0.2) is 76.8 Å². The maximum absolute atomic E-state index is 13.2. The first kappa shape index (κ1) is 20.6. The third-order valence-electron chi connectivity index (χ3n) is 7.14. The zero-order valence-corrected chi connectivity index (χ0v) is 18.5. The van der Waals surface area contributed by atoms with Gasteiger partial charge in [-0.15, -0.1) is 0 Å². The van der Waals surface area contributed by atoms with Gasteiger partial charge in [-0.05, 0) is 42.3 Å². The molecule has 3 fully saturated rings. The fourth-order valence-corrected chi connectivity index (χ4v) is 5.24.